The van der Waals surface area contributed by atoms with Gasteiger partial charge in [0.1, 0.15) is 16.9 Å². The van der Waals surface area contributed by atoms with E-state index in [1.165, 1.54) is 0 Å². The molecule has 0 aliphatic carbocycles. The zero-order valence-corrected chi connectivity index (χ0v) is 14.2. The minimum atomic E-state index is -0.280. The molecule has 0 radical (unpaired) electrons. The molecule has 0 aliphatic heterocycles. The van der Waals surface area contributed by atoms with E-state index in [2.05, 4.69) is 21.9 Å². The van der Waals surface area contributed by atoms with Crippen LogP contribution >= 0.6 is 0 Å². The molecule has 2 heterocycles. The van der Waals surface area contributed by atoms with E-state index in [1.807, 2.05) is 28.8 Å². The smallest absolute Gasteiger partial charge is 0.257 e. The number of hydrogen-bond acceptors (Lipinski definition) is 5. The Balaban J connectivity index is 2.18. The number of benzene rings is 1. The highest BCUT2D eigenvalue weighted by molar-refractivity contribution is 6.10. The van der Waals surface area contributed by atoms with Crippen molar-refractivity contribution in [2.24, 2.45) is 0 Å². The molecule has 2 aromatic heterocycles. The third-order valence-corrected chi connectivity index (χ3v) is 3.96. The van der Waals surface area contributed by atoms with Crippen LogP contribution in [0.3, 0.4) is 0 Å². The Morgan fingerprint density at radius 3 is 2.76 bits per heavy atom. The summed E-state index contributed by atoms with van der Waals surface area (Å²) < 4.78 is 6.94. The van der Waals surface area contributed by atoms with E-state index < -0.39 is 0 Å². The Kier molecular flexibility index (Phi) is 4.95. The maximum absolute atomic E-state index is 12.6. The van der Waals surface area contributed by atoms with Gasteiger partial charge in [0.25, 0.3) is 5.91 Å². The van der Waals surface area contributed by atoms with E-state index in [1.54, 1.807) is 13.2 Å². The third-order valence-electron chi connectivity index (χ3n) is 3.96. The van der Waals surface area contributed by atoms with Gasteiger partial charge < -0.3 is 20.4 Å². The van der Waals surface area contributed by atoms with Crippen LogP contribution in [0.25, 0.3) is 22.2 Å². The molecule has 3 aromatic rings. The predicted octanol–water partition coefficient (Wildman–Crippen LogP) is 2.12. The Hall–Kier alpha value is -2.93. The fourth-order valence-corrected chi connectivity index (χ4v) is 2.79. The third kappa shape index (κ3) is 3.18. The number of nitrogens with zero attached hydrogens (tertiary/aromatic N) is 3. The molecule has 0 atom stereocenters. The van der Waals surface area contributed by atoms with Crippen molar-refractivity contribution in [3.63, 3.8) is 0 Å². The van der Waals surface area contributed by atoms with Gasteiger partial charge in [-0.3, -0.25) is 4.79 Å². The molecule has 1 amide bonds. The first kappa shape index (κ1) is 16.9. The fraction of sp³-hybridized carbons (Fsp3) is 0.278. The number of carbonyl (C=O) groups excluding carboxylic acids is 1. The van der Waals surface area contributed by atoms with Crippen molar-refractivity contribution in [2.45, 2.75) is 13.0 Å². The molecule has 0 spiro atoms. The summed E-state index contributed by atoms with van der Waals surface area (Å²) in [5.41, 5.74) is 9.25. The number of anilines is 1. The van der Waals surface area contributed by atoms with E-state index in [0.29, 0.717) is 42.2 Å². The van der Waals surface area contributed by atoms with Crippen LogP contribution in [-0.4, -0.2) is 40.7 Å². The summed E-state index contributed by atoms with van der Waals surface area (Å²) in [5, 5.41) is 2.77. The van der Waals surface area contributed by atoms with Crippen LogP contribution in [-0.2, 0) is 11.3 Å². The molecule has 25 heavy (non-hydrogen) atoms. The topological polar surface area (TPSA) is 95.1 Å². The molecule has 1 aromatic carbocycles. The lowest BCUT2D eigenvalue weighted by Gasteiger charge is -2.07. The number of nitrogens with two attached hydrogens (primary N) is 1. The number of carbonyl (C=O) groups is 1. The van der Waals surface area contributed by atoms with E-state index >= 15 is 0 Å². The highest BCUT2D eigenvalue weighted by Gasteiger charge is 2.23. The number of nitrogen functional groups attached to an aromatic ring is 1. The first-order valence-electron chi connectivity index (χ1n) is 8.09. The Morgan fingerprint density at radius 2 is 2.08 bits per heavy atom. The van der Waals surface area contributed by atoms with Gasteiger partial charge >= 0.3 is 0 Å². The van der Waals surface area contributed by atoms with Gasteiger partial charge in [-0.15, -0.1) is 6.58 Å². The average Bonchev–Trinajstić information content (AvgIpc) is 2.89. The van der Waals surface area contributed by atoms with Gasteiger partial charge in [0.2, 0.25) is 0 Å². The lowest BCUT2D eigenvalue weighted by molar-refractivity contribution is 0.0960. The molecule has 0 fully saturated rings. The molecule has 3 rings (SSSR count). The normalized spacial score (nSPS) is 11.1. The first-order valence-corrected chi connectivity index (χ1v) is 8.09. The molecule has 0 bridgehead atoms. The molecule has 0 unspecified atom stereocenters. The summed E-state index contributed by atoms with van der Waals surface area (Å²) in [5.74, 6) is 0.0837. The largest absolute Gasteiger partial charge is 0.385 e. The predicted molar refractivity (Wildman–Crippen MR) is 98.5 cm³/mol. The van der Waals surface area contributed by atoms with Crippen molar-refractivity contribution in [3.8, 4) is 0 Å². The summed E-state index contributed by atoms with van der Waals surface area (Å²) >= 11 is 0. The minimum Gasteiger partial charge on any atom is -0.385 e. The van der Waals surface area contributed by atoms with E-state index in [-0.39, 0.29) is 5.91 Å². The van der Waals surface area contributed by atoms with Crippen LogP contribution in [0, 0.1) is 0 Å². The van der Waals surface area contributed by atoms with Crippen LogP contribution in [0.5, 0.6) is 0 Å². The fourth-order valence-electron chi connectivity index (χ4n) is 2.79. The highest BCUT2D eigenvalue weighted by Crippen LogP contribution is 2.28. The Bertz CT molecular complexity index is 932. The monoisotopic (exact) mass is 339 g/mol. The van der Waals surface area contributed by atoms with Gasteiger partial charge in [-0.25, -0.2) is 9.97 Å². The second-order valence-electron chi connectivity index (χ2n) is 5.64. The van der Waals surface area contributed by atoms with Gasteiger partial charge in [-0.05, 0) is 18.6 Å². The molecule has 7 nitrogen and oxygen atoms in total. The number of fused-ring (bicyclic) bond motifs is 2. The van der Waals surface area contributed by atoms with E-state index in [4.69, 9.17) is 10.5 Å². The number of para-hydroxylation sites is 2. The van der Waals surface area contributed by atoms with Gasteiger partial charge in [-0.2, -0.15) is 0 Å². The second-order valence-corrected chi connectivity index (χ2v) is 5.64. The van der Waals surface area contributed by atoms with Gasteiger partial charge in [0, 0.05) is 26.8 Å². The number of aromatic nitrogens is 3. The maximum Gasteiger partial charge on any atom is 0.257 e. The molecule has 130 valence electrons. The molecule has 0 aliphatic rings. The van der Waals surface area contributed by atoms with Crippen molar-refractivity contribution in [3.05, 3.63) is 42.5 Å². The number of rotatable bonds is 7. The maximum atomic E-state index is 12.6. The lowest BCUT2D eigenvalue weighted by Crippen LogP contribution is -2.24. The number of methoxy groups -OCH3 is 1. The Labute approximate surface area is 145 Å². The van der Waals surface area contributed by atoms with Crippen molar-refractivity contribution in [2.75, 3.05) is 26.0 Å². The zero-order chi connectivity index (χ0) is 17.8. The minimum absolute atomic E-state index is 0.280. The lowest BCUT2D eigenvalue weighted by atomic mass is 10.2. The van der Waals surface area contributed by atoms with Crippen molar-refractivity contribution >= 4 is 33.9 Å². The van der Waals surface area contributed by atoms with Gasteiger partial charge in [0.15, 0.2) is 5.65 Å². The summed E-state index contributed by atoms with van der Waals surface area (Å²) in [6.07, 6.45) is 2.37. The van der Waals surface area contributed by atoms with Crippen LogP contribution < -0.4 is 11.1 Å². The quantitative estimate of drug-likeness (QED) is 0.508. The molecule has 0 saturated heterocycles. The van der Waals surface area contributed by atoms with Crippen molar-refractivity contribution in [1.29, 1.82) is 0 Å². The first-order chi connectivity index (χ1) is 12.2. The van der Waals surface area contributed by atoms with Gasteiger partial charge in [0.05, 0.1) is 11.0 Å². The number of hydrogen-bond donors (Lipinski definition) is 2. The van der Waals surface area contributed by atoms with Crippen LogP contribution in [0.2, 0.25) is 0 Å². The number of nitrogens with one attached hydrogen (secondary N) is 1. The van der Waals surface area contributed by atoms with Crippen molar-refractivity contribution < 1.29 is 9.53 Å². The molecular weight excluding hydrogens is 318 g/mol. The Morgan fingerprint density at radius 1 is 1.36 bits per heavy atom. The molecule has 3 N–H and O–H groups in total. The van der Waals surface area contributed by atoms with Crippen molar-refractivity contribution in [1.82, 2.24) is 19.9 Å². The standard InChI is InChI=1S/C18H21N5O2/c1-3-9-20-18(24)14-15-17(23(16(14)19)10-6-11-25-2)22-13-8-5-4-7-12(13)21-15/h3-5,7-8H,1,6,9-11,19H2,2H3,(H,20,24). The summed E-state index contributed by atoms with van der Waals surface area (Å²) in [4.78, 5) is 21.9. The van der Waals surface area contributed by atoms with Gasteiger partial charge in [-0.1, -0.05) is 18.2 Å². The number of ether oxygens (including phenoxy) is 1. The SMILES string of the molecule is C=CCNC(=O)c1c(N)n(CCCOC)c2nc3ccccc3nc12. The van der Waals surface area contributed by atoms with E-state index in [9.17, 15) is 4.79 Å². The summed E-state index contributed by atoms with van der Waals surface area (Å²) in [7, 11) is 1.65. The number of aryl methyl sites for hydroxylation is 1. The second kappa shape index (κ2) is 7.31. The van der Waals surface area contributed by atoms with Crippen LogP contribution in [0.1, 0.15) is 16.8 Å². The van der Waals surface area contributed by atoms with Crippen LogP contribution in [0.4, 0.5) is 5.82 Å². The number of amides is 1. The zero-order valence-electron chi connectivity index (χ0n) is 14.2. The molecule has 0 saturated carbocycles. The molecular formula is C18H21N5O2. The summed E-state index contributed by atoms with van der Waals surface area (Å²) in [6.45, 7) is 5.16. The molecule has 7 heteroatoms. The highest BCUT2D eigenvalue weighted by atomic mass is 16.5. The van der Waals surface area contributed by atoms with Crippen LogP contribution in [0.15, 0.2) is 36.9 Å². The average molecular weight is 339 g/mol. The summed E-state index contributed by atoms with van der Waals surface area (Å²) in [6, 6.07) is 7.55. The van der Waals surface area contributed by atoms with E-state index in [0.717, 1.165) is 17.5 Å².